The van der Waals surface area contributed by atoms with Crippen LogP contribution in [0.5, 0.6) is 0 Å². The summed E-state index contributed by atoms with van der Waals surface area (Å²) in [5, 5.41) is 3.61. The van der Waals surface area contributed by atoms with Gasteiger partial charge in [0.25, 0.3) is 0 Å². The van der Waals surface area contributed by atoms with E-state index in [-0.39, 0.29) is 10.8 Å². The third kappa shape index (κ3) is 3.72. The molecule has 0 bridgehead atoms. The molecule has 2 fully saturated rings. The Morgan fingerprint density at radius 1 is 1.05 bits per heavy atom. The summed E-state index contributed by atoms with van der Waals surface area (Å²) in [6, 6.07) is 0. The molecule has 2 aliphatic heterocycles. The first kappa shape index (κ1) is 14.7. The van der Waals surface area contributed by atoms with Gasteiger partial charge in [-0.15, -0.1) is 0 Å². The lowest BCUT2D eigenvalue weighted by atomic mass is 9.93. The van der Waals surface area contributed by atoms with Gasteiger partial charge in [-0.25, -0.2) is 0 Å². The first-order valence-electron chi connectivity index (χ1n) is 7.25. The van der Waals surface area contributed by atoms with E-state index in [4.69, 9.17) is 21.1 Å². The van der Waals surface area contributed by atoms with Gasteiger partial charge in [0, 0.05) is 31.8 Å². The lowest BCUT2D eigenvalue weighted by Crippen LogP contribution is -2.41. The Kier molecular flexibility index (Phi) is 4.42. The van der Waals surface area contributed by atoms with Crippen LogP contribution in [0.25, 0.3) is 0 Å². The molecule has 0 aromatic carbocycles. The molecule has 0 spiro atoms. The standard InChI is InChI=1S/C13H20ClN5O2/c1-13(2-6-20-7-3-13)18-11-15-10(14)16-12(17-11)19-4-8-21-9-5-19/h2-9H2,1H3,(H,15,16,17,18). The van der Waals surface area contributed by atoms with Crippen molar-refractivity contribution in [1.82, 2.24) is 15.0 Å². The average Bonchev–Trinajstić information content (AvgIpc) is 2.48. The Hall–Kier alpha value is -1.18. The van der Waals surface area contributed by atoms with E-state index in [0.717, 1.165) is 39.1 Å². The van der Waals surface area contributed by atoms with E-state index in [1.165, 1.54) is 0 Å². The summed E-state index contributed by atoms with van der Waals surface area (Å²) < 4.78 is 10.7. The van der Waals surface area contributed by atoms with Crippen LogP contribution < -0.4 is 10.2 Å². The number of halogens is 1. The molecule has 1 aromatic rings. The maximum Gasteiger partial charge on any atom is 0.231 e. The number of rotatable bonds is 3. The topological polar surface area (TPSA) is 72.4 Å². The van der Waals surface area contributed by atoms with Gasteiger partial charge >= 0.3 is 0 Å². The van der Waals surface area contributed by atoms with Crippen molar-refractivity contribution in [3.05, 3.63) is 5.28 Å². The summed E-state index contributed by atoms with van der Waals surface area (Å²) in [7, 11) is 0. The first-order chi connectivity index (χ1) is 10.1. The molecule has 2 saturated heterocycles. The summed E-state index contributed by atoms with van der Waals surface area (Å²) in [6.07, 6.45) is 1.84. The molecule has 7 nitrogen and oxygen atoms in total. The van der Waals surface area contributed by atoms with Gasteiger partial charge in [0.2, 0.25) is 17.2 Å². The van der Waals surface area contributed by atoms with Crippen molar-refractivity contribution in [1.29, 1.82) is 0 Å². The van der Waals surface area contributed by atoms with Crippen LogP contribution in [0.1, 0.15) is 19.8 Å². The van der Waals surface area contributed by atoms with Crippen LogP contribution in [0, 0.1) is 0 Å². The second-order valence-corrected chi connectivity index (χ2v) is 5.96. The first-order valence-corrected chi connectivity index (χ1v) is 7.63. The maximum absolute atomic E-state index is 6.05. The van der Waals surface area contributed by atoms with Gasteiger partial charge in [0.15, 0.2) is 0 Å². The van der Waals surface area contributed by atoms with Crippen molar-refractivity contribution >= 4 is 23.5 Å². The molecule has 0 saturated carbocycles. The van der Waals surface area contributed by atoms with Crippen LogP contribution in [0.3, 0.4) is 0 Å². The second kappa shape index (κ2) is 6.29. The average molecular weight is 314 g/mol. The van der Waals surface area contributed by atoms with Crippen molar-refractivity contribution in [2.24, 2.45) is 0 Å². The molecule has 2 aliphatic rings. The maximum atomic E-state index is 6.05. The quantitative estimate of drug-likeness (QED) is 0.902. The number of nitrogens with zero attached hydrogens (tertiary/aromatic N) is 4. The molecule has 0 radical (unpaired) electrons. The van der Waals surface area contributed by atoms with Crippen molar-refractivity contribution in [2.75, 3.05) is 49.7 Å². The fourth-order valence-corrected chi connectivity index (χ4v) is 2.67. The van der Waals surface area contributed by atoms with Crippen LogP contribution in [0.2, 0.25) is 5.28 Å². The number of nitrogens with one attached hydrogen (secondary N) is 1. The molecule has 0 unspecified atom stereocenters. The van der Waals surface area contributed by atoms with Crippen LogP contribution >= 0.6 is 11.6 Å². The fourth-order valence-electron chi connectivity index (χ4n) is 2.52. The van der Waals surface area contributed by atoms with E-state index >= 15 is 0 Å². The van der Waals surface area contributed by atoms with Crippen molar-refractivity contribution in [2.45, 2.75) is 25.3 Å². The van der Waals surface area contributed by atoms with Crippen molar-refractivity contribution < 1.29 is 9.47 Å². The third-order valence-corrected chi connectivity index (χ3v) is 4.07. The molecule has 8 heteroatoms. The highest BCUT2D eigenvalue weighted by molar-refractivity contribution is 6.28. The van der Waals surface area contributed by atoms with E-state index in [1.54, 1.807) is 0 Å². The highest BCUT2D eigenvalue weighted by atomic mass is 35.5. The Labute approximate surface area is 129 Å². The van der Waals surface area contributed by atoms with E-state index in [2.05, 4.69) is 32.1 Å². The molecular weight excluding hydrogens is 294 g/mol. The van der Waals surface area contributed by atoms with Gasteiger partial charge in [-0.1, -0.05) is 0 Å². The molecule has 21 heavy (non-hydrogen) atoms. The Morgan fingerprint density at radius 3 is 2.43 bits per heavy atom. The zero-order valence-electron chi connectivity index (χ0n) is 12.1. The van der Waals surface area contributed by atoms with Gasteiger partial charge in [-0.05, 0) is 31.4 Å². The molecule has 1 aromatic heterocycles. The lowest BCUT2D eigenvalue weighted by molar-refractivity contribution is 0.0656. The number of aromatic nitrogens is 3. The van der Waals surface area contributed by atoms with E-state index in [0.29, 0.717) is 25.1 Å². The molecule has 3 heterocycles. The van der Waals surface area contributed by atoms with E-state index < -0.39 is 0 Å². The predicted molar refractivity (Wildman–Crippen MR) is 79.9 cm³/mol. The lowest BCUT2D eigenvalue weighted by Gasteiger charge is -2.34. The van der Waals surface area contributed by atoms with Gasteiger partial charge in [0.05, 0.1) is 13.2 Å². The predicted octanol–water partition coefficient (Wildman–Crippen LogP) is 1.34. The van der Waals surface area contributed by atoms with Crippen molar-refractivity contribution in [3.8, 4) is 0 Å². The summed E-state index contributed by atoms with van der Waals surface area (Å²) in [5.41, 5.74) is -0.0643. The summed E-state index contributed by atoms with van der Waals surface area (Å²) in [5.74, 6) is 1.14. The zero-order chi connectivity index (χ0) is 14.7. The molecule has 116 valence electrons. The van der Waals surface area contributed by atoms with Gasteiger partial charge in [-0.3, -0.25) is 0 Å². The van der Waals surface area contributed by atoms with E-state index in [1.807, 2.05) is 0 Å². The molecule has 3 rings (SSSR count). The monoisotopic (exact) mass is 313 g/mol. The SMILES string of the molecule is CC1(Nc2nc(Cl)nc(N3CCOCC3)n2)CCOCC1. The number of morpholine rings is 1. The van der Waals surface area contributed by atoms with Crippen molar-refractivity contribution in [3.63, 3.8) is 0 Å². The molecule has 0 amide bonds. The largest absolute Gasteiger partial charge is 0.381 e. The Balaban J connectivity index is 1.77. The summed E-state index contributed by atoms with van der Waals surface area (Å²) in [6.45, 7) is 6.55. The number of hydrogen-bond donors (Lipinski definition) is 1. The Morgan fingerprint density at radius 2 is 1.71 bits per heavy atom. The van der Waals surface area contributed by atoms with Crippen LogP contribution in [0.4, 0.5) is 11.9 Å². The normalized spacial score (nSPS) is 22.1. The minimum Gasteiger partial charge on any atom is -0.381 e. The number of ether oxygens (including phenoxy) is 2. The number of anilines is 2. The molecular formula is C13H20ClN5O2. The molecule has 1 N–H and O–H groups in total. The van der Waals surface area contributed by atoms with Crippen LogP contribution in [0.15, 0.2) is 0 Å². The molecule has 0 aliphatic carbocycles. The second-order valence-electron chi connectivity index (χ2n) is 5.63. The third-order valence-electron chi connectivity index (χ3n) is 3.90. The summed E-state index contributed by atoms with van der Waals surface area (Å²) in [4.78, 5) is 15.0. The fraction of sp³-hybridized carbons (Fsp3) is 0.769. The smallest absolute Gasteiger partial charge is 0.231 e. The zero-order valence-corrected chi connectivity index (χ0v) is 12.9. The Bertz CT molecular complexity index is 489. The van der Waals surface area contributed by atoms with Gasteiger partial charge in [-0.2, -0.15) is 15.0 Å². The number of hydrogen-bond acceptors (Lipinski definition) is 7. The van der Waals surface area contributed by atoms with Gasteiger partial charge < -0.3 is 19.7 Å². The van der Waals surface area contributed by atoms with E-state index in [9.17, 15) is 0 Å². The minimum atomic E-state index is -0.0643. The molecule has 0 atom stereocenters. The van der Waals surface area contributed by atoms with Crippen LogP contribution in [-0.2, 0) is 9.47 Å². The summed E-state index contributed by atoms with van der Waals surface area (Å²) >= 11 is 6.05. The van der Waals surface area contributed by atoms with Gasteiger partial charge in [0.1, 0.15) is 0 Å². The minimum absolute atomic E-state index is 0.0643. The van der Waals surface area contributed by atoms with Crippen LogP contribution in [-0.4, -0.2) is 60.0 Å². The highest BCUT2D eigenvalue weighted by Crippen LogP contribution is 2.25. The highest BCUT2D eigenvalue weighted by Gasteiger charge is 2.28.